The summed E-state index contributed by atoms with van der Waals surface area (Å²) in [5, 5.41) is 3.85. The van der Waals surface area contributed by atoms with Crippen LogP contribution in [0.2, 0.25) is 0 Å². The molecule has 1 aromatic carbocycles. The van der Waals surface area contributed by atoms with E-state index in [-0.39, 0.29) is 11.3 Å². The van der Waals surface area contributed by atoms with Gasteiger partial charge in [0.05, 0.1) is 5.00 Å². The van der Waals surface area contributed by atoms with Crippen LogP contribution in [0.1, 0.15) is 20.8 Å². The van der Waals surface area contributed by atoms with Gasteiger partial charge in [0.1, 0.15) is 0 Å². The van der Waals surface area contributed by atoms with Gasteiger partial charge >= 0.3 is 0 Å². The van der Waals surface area contributed by atoms with Crippen LogP contribution in [0.4, 0.5) is 5.00 Å². The number of amides is 1. The monoisotopic (exact) mass is 259 g/mol. The van der Waals surface area contributed by atoms with Crippen molar-refractivity contribution >= 4 is 22.2 Å². The van der Waals surface area contributed by atoms with Crippen molar-refractivity contribution in [2.24, 2.45) is 5.41 Å². The van der Waals surface area contributed by atoms with Crippen molar-refractivity contribution in [3.05, 3.63) is 42.5 Å². The molecule has 0 atom stereocenters. The molecule has 2 nitrogen and oxygen atoms in total. The van der Waals surface area contributed by atoms with Gasteiger partial charge in [-0.1, -0.05) is 51.1 Å². The molecule has 18 heavy (non-hydrogen) atoms. The lowest BCUT2D eigenvalue weighted by molar-refractivity contribution is -0.123. The maximum Gasteiger partial charge on any atom is 0.230 e. The first-order chi connectivity index (χ1) is 8.47. The highest BCUT2D eigenvalue weighted by Gasteiger charge is 2.21. The minimum Gasteiger partial charge on any atom is -0.317 e. The average Bonchev–Trinajstić information content (AvgIpc) is 2.77. The molecule has 0 unspecified atom stereocenters. The molecule has 0 spiro atoms. The van der Waals surface area contributed by atoms with E-state index in [0.29, 0.717) is 0 Å². The van der Waals surface area contributed by atoms with E-state index < -0.39 is 0 Å². The third-order valence-electron chi connectivity index (χ3n) is 2.58. The van der Waals surface area contributed by atoms with Crippen molar-refractivity contribution in [3.63, 3.8) is 0 Å². The Bertz CT molecular complexity index is 537. The number of nitrogens with one attached hydrogen (secondary N) is 1. The molecular formula is C15H17NOS. The Balaban J connectivity index is 2.15. The van der Waals surface area contributed by atoms with Crippen molar-refractivity contribution < 1.29 is 4.79 Å². The van der Waals surface area contributed by atoms with Gasteiger partial charge in [0.25, 0.3) is 0 Å². The molecule has 0 saturated carbocycles. The Kier molecular flexibility index (Phi) is 3.53. The summed E-state index contributed by atoms with van der Waals surface area (Å²) in [6.07, 6.45) is 0. The number of anilines is 1. The topological polar surface area (TPSA) is 29.1 Å². The van der Waals surface area contributed by atoms with Crippen LogP contribution in [0.5, 0.6) is 0 Å². The van der Waals surface area contributed by atoms with Crippen LogP contribution in [0.3, 0.4) is 0 Å². The zero-order valence-corrected chi connectivity index (χ0v) is 11.7. The van der Waals surface area contributed by atoms with Crippen molar-refractivity contribution in [1.82, 2.24) is 0 Å². The molecule has 94 valence electrons. The van der Waals surface area contributed by atoms with Crippen molar-refractivity contribution in [2.75, 3.05) is 5.32 Å². The molecule has 1 N–H and O–H groups in total. The molecule has 0 aliphatic carbocycles. The van der Waals surface area contributed by atoms with Crippen molar-refractivity contribution in [1.29, 1.82) is 0 Å². The maximum atomic E-state index is 11.9. The van der Waals surface area contributed by atoms with Crippen LogP contribution in [0.15, 0.2) is 42.5 Å². The first kappa shape index (κ1) is 12.8. The third kappa shape index (κ3) is 2.99. The first-order valence-corrected chi connectivity index (χ1v) is 6.75. The summed E-state index contributed by atoms with van der Waals surface area (Å²) in [7, 11) is 0. The molecule has 3 heteroatoms. The molecule has 0 aliphatic rings. The van der Waals surface area contributed by atoms with Gasteiger partial charge in [0, 0.05) is 10.3 Å². The van der Waals surface area contributed by atoms with E-state index in [1.807, 2.05) is 51.1 Å². The van der Waals surface area contributed by atoms with E-state index in [9.17, 15) is 4.79 Å². The summed E-state index contributed by atoms with van der Waals surface area (Å²) in [6.45, 7) is 5.73. The second kappa shape index (κ2) is 4.94. The average molecular weight is 259 g/mol. The fourth-order valence-electron chi connectivity index (χ4n) is 1.46. The van der Waals surface area contributed by atoms with E-state index >= 15 is 0 Å². The predicted octanol–water partition coefficient (Wildman–Crippen LogP) is 4.40. The van der Waals surface area contributed by atoms with Gasteiger partial charge in [-0.25, -0.2) is 0 Å². The zero-order chi connectivity index (χ0) is 13.2. The van der Waals surface area contributed by atoms with E-state index in [1.165, 1.54) is 10.4 Å². The van der Waals surface area contributed by atoms with Gasteiger partial charge in [-0.2, -0.15) is 0 Å². The molecule has 0 saturated heterocycles. The first-order valence-electron chi connectivity index (χ1n) is 5.93. The van der Waals surface area contributed by atoms with Crippen LogP contribution < -0.4 is 5.32 Å². The van der Waals surface area contributed by atoms with Crippen LogP contribution >= 0.6 is 11.3 Å². The number of carbonyl (C=O) groups is 1. The SMILES string of the molecule is CC(C)(C)C(=O)Nc1ccc(-c2ccccc2)s1. The van der Waals surface area contributed by atoms with E-state index in [0.717, 1.165) is 5.00 Å². The van der Waals surface area contributed by atoms with Crippen molar-refractivity contribution in [2.45, 2.75) is 20.8 Å². The fourth-order valence-corrected chi connectivity index (χ4v) is 2.37. The highest BCUT2D eigenvalue weighted by Crippen LogP contribution is 2.32. The smallest absolute Gasteiger partial charge is 0.230 e. The second-order valence-electron chi connectivity index (χ2n) is 5.23. The summed E-state index contributed by atoms with van der Waals surface area (Å²) in [5.41, 5.74) is 0.815. The standard InChI is InChI=1S/C15H17NOS/c1-15(2,3)14(17)16-13-10-9-12(18-13)11-7-5-4-6-8-11/h4-10H,1-3H3,(H,16,17). The highest BCUT2D eigenvalue weighted by molar-refractivity contribution is 7.19. The van der Waals surface area contributed by atoms with Gasteiger partial charge in [0.2, 0.25) is 5.91 Å². The van der Waals surface area contributed by atoms with E-state index in [1.54, 1.807) is 11.3 Å². The normalized spacial score (nSPS) is 11.3. The Hall–Kier alpha value is -1.61. The second-order valence-corrected chi connectivity index (χ2v) is 6.32. The molecule has 0 radical (unpaired) electrons. The lowest BCUT2D eigenvalue weighted by atomic mass is 9.96. The summed E-state index contributed by atoms with van der Waals surface area (Å²) in [6, 6.07) is 14.2. The van der Waals surface area contributed by atoms with E-state index in [2.05, 4.69) is 17.4 Å². The minimum atomic E-state index is -0.364. The molecule has 1 aromatic heterocycles. The molecule has 2 aromatic rings. The van der Waals surface area contributed by atoms with Crippen LogP contribution in [-0.4, -0.2) is 5.91 Å². The quantitative estimate of drug-likeness (QED) is 0.851. The largest absolute Gasteiger partial charge is 0.317 e. The van der Waals surface area contributed by atoms with Gasteiger partial charge in [-0.05, 0) is 17.7 Å². The predicted molar refractivity (Wildman–Crippen MR) is 77.8 cm³/mol. The van der Waals surface area contributed by atoms with Crippen LogP contribution in [0.25, 0.3) is 10.4 Å². The number of hydrogen-bond donors (Lipinski definition) is 1. The molecular weight excluding hydrogens is 242 g/mol. The highest BCUT2D eigenvalue weighted by atomic mass is 32.1. The molecule has 2 rings (SSSR count). The Morgan fingerprint density at radius 2 is 1.72 bits per heavy atom. The van der Waals surface area contributed by atoms with Crippen LogP contribution in [-0.2, 0) is 4.79 Å². The van der Waals surface area contributed by atoms with E-state index in [4.69, 9.17) is 0 Å². The van der Waals surface area contributed by atoms with Gasteiger partial charge in [-0.15, -0.1) is 11.3 Å². The summed E-state index contributed by atoms with van der Waals surface area (Å²) in [4.78, 5) is 13.0. The number of carbonyl (C=O) groups excluding carboxylic acids is 1. The Labute approximate surface area is 112 Å². The number of thiophene rings is 1. The maximum absolute atomic E-state index is 11.9. The molecule has 1 heterocycles. The molecule has 0 aliphatic heterocycles. The Morgan fingerprint density at radius 3 is 2.33 bits per heavy atom. The Morgan fingerprint density at radius 1 is 1.06 bits per heavy atom. The molecule has 0 fully saturated rings. The van der Waals surface area contributed by atoms with Crippen LogP contribution in [0, 0.1) is 5.41 Å². The van der Waals surface area contributed by atoms with Crippen molar-refractivity contribution in [3.8, 4) is 10.4 Å². The van der Waals surface area contributed by atoms with Gasteiger partial charge in [-0.3, -0.25) is 4.79 Å². The number of benzene rings is 1. The zero-order valence-electron chi connectivity index (χ0n) is 10.9. The lowest BCUT2D eigenvalue weighted by Gasteiger charge is -2.16. The third-order valence-corrected chi connectivity index (χ3v) is 3.63. The number of rotatable bonds is 2. The molecule has 0 bridgehead atoms. The summed E-state index contributed by atoms with van der Waals surface area (Å²) in [5.74, 6) is 0.0453. The summed E-state index contributed by atoms with van der Waals surface area (Å²) < 4.78 is 0. The van der Waals surface area contributed by atoms with Gasteiger partial charge < -0.3 is 5.32 Å². The number of hydrogen-bond acceptors (Lipinski definition) is 2. The minimum absolute atomic E-state index is 0.0453. The lowest BCUT2D eigenvalue weighted by Crippen LogP contribution is -2.27. The fraction of sp³-hybridized carbons (Fsp3) is 0.267. The molecule has 1 amide bonds. The summed E-state index contributed by atoms with van der Waals surface area (Å²) >= 11 is 1.60. The van der Waals surface area contributed by atoms with Gasteiger partial charge in [0.15, 0.2) is 0 Å².